The Morgan fingerprint density at radius 3 is 2.21 bits per heavy atom. The molecule has 1 aliphatic rings. The summed E-state index contributed by atoms with van der Waals surface area (Å²) in [4.78, 5) is 2.29. The molecule has 1 atom stereocenters. The van der Waals surface area contributed by atoms with Crippen LogP contribution in [0.25, 0.3) is 0 Å². The molecule has 1 fully saturated rings. The molecule has 2 heteroatoms. The van der Waals surface area contributed by atoms with E-state index in [1.807, 2.05) is 0 Å². The van der Waals surface area contributed by atoms with Crippen LogP contribution in [0.4, 0.5) is 0 Å². The Morgan fingerprint density at radius 2 is 1.79 bits per heavy atom. The van der Waals surface area contributed by atoms with Gasteiger partial charge in [0.05, 0.1) is 0 Å². The van der Waals surface area contributed by atoms with Crippen molar-refractivity contribution < 1.29 is 0 Å². The molecule has 0 bridgehead atoms. The smallest absolute Gasteiger partial charge is 0.0219 e. The molecule has 1 saturated carbocycles. The van der Waals surface area contributed by atoms with E-state index in [-0.39, 0.29) is 0 Å². The molecule has 1 N–H and O–H groups in total. The Bertz CT molecular complexity index is 148. The Labute approximate surface area is 89.1 Å². The van der Waals surface area contributed by atoms with Crippen LogP contribution in [0.15, 0.2) is 0 Å². The third-order valence-corrected chi connectivity index (χ3v) is 3.56. The lowest BCUT2D eigenvalue weighted by molar-refractivity contribution is 0.204. The van der Waals surface area contributed by atoms with Gasteiger partial charge in [-0.1, -0.05) is 19.8 Å². The Balaban J connectivity index is 2.36. The first-order valence-electron chi connectivity index (χ1n) is 5.95. The molecule has 1 unspecified atom stereocenters. The maximum atomic E-state index is 3.48. The predicted octanol–water partition coefficient (Wildman–Crippen LogP) is 1.96. The molecule has 1 rings (SSSR count). The summed E-state index contributed by atoms with van der Waals surface area (Å²) in [6, 6.07) is 0.692. The van der Waals surface area contributed by atoms with Gasteiger partial charge in [-0.05, 0) is 45.8 Å². The highest BCUT2D eigenvalue weighted by Gasteiger charge is 2.25. The number of nitrogens with zero attached hydrogens (tertiary/aromatic N) is 1. The van der Waals surface area contributed by atoms with Gasteiger partial charge in [0.2, 0.25) is 0 Å². The molecule has 0 spiro atoms. The molecule has 0 saturated heterocycles. The minimum Gasteiger partial charge on any atom is -0.315 e. The predicted molar refractivity (Wildman–Crippen MR) is 62.5 cm³/mol. The van der Waals surface area contributed by atoms with Crippen LogP contribution in [0.1, 0.15) is 32.6 Å². The quantitative estimate of drug-likeness (QED) is 0.743. The van der Waals surface area contributed by atoms with Crippen LogP contribution in [-0.2, 0) is 0 Å². The molecule has 0 aromatic rings. The normalized spacial score (nSPS) is 30.6. The van der Waals surface area contributed by atoms with Crippen molar-refractivity contribution in [3.8, 4) is 0 Å². The van der Waals surface area contributed by atoms with E-state index < -0.39 is 0 Å². The third kappa shape index (κ3) is 3.58. The van der Waals surface area contributed by atoms with Crippen molar-refractivity contribution in [3.05, 3.63) is 0 Å². The summed E-state index contributed by atoms with van der Waals surface area (Å²) >= 11 is 0. The van der Waals surface area contributed by atoms with E-state index in [9.17, 15) is 0 Å². The summed E-state index contributed by atoms with van der Waals surface area (Å²) in [5.74, 6) is 1.86. The number of rotatable bonds is 4. The maximum absolute atomic E-state index is 3.48. The molecule has 0 heterocycles. The van der Waals surface area contributed by atoms with Crippen LogP contribution in [0.3, 0.4) is 0 Å². The molecule has 0 aromatic heterocycles. The molecule has 84 valence electrons. The SMILES string of the molecule is CNC(CN(C)C)C1CCC(C)CC1. The fraction of sp³-hybridized carbons (Fsp3) is 1.00. The lowest BCUT2D eigenvalue weighted by Gasteiger charge is -2.34. The minimum absolute atomic E-state index is 0.692. The summed E-state index contributed by atoms with van der Waals surface area (Å²) in [5.41, 5.74) is 0. The summed E-state index contributed by atoms with van der Waals surface area (Å²) in [6.45, 7) is 3.56. The summed E-state index contributed by atoms with van der Waals surface area (Å²) < 4.78 is 0. The fourth-order valence-electron chi connectivity index (χ4n) is 2.56. The van der Waals surface area contributed by atoms with Crippen LogP contribution in [0.2, 0.25) is 0 Å². The van der Waals surface area contributed by atoms with E-state index in [2.05, 4.69) is 38.3 Å². The van der Waals surface area contributed by atoms with Crippen molar-refractivity contribution in [2.45, 2.75) is 38.6 Å². The molecule has 1 aliphatic carbocycles. The van der Waals surface area contributed by atoms with E-state index in [1.54, 1.807) is 0 Å². The Morgan fingerprint density at radius 1 is 1.21 bits per heavy atom. The van der Waals surface area contributed by atoms with Crippen molar-refractivity contribution in [3.63, 3.8) is 0 Å². The number of nitrogens with one attached hydrogen (secondary N) is 1. The lowest BCUT2D eigenvalue weighted by Crippen LogP contribution is -2.43. The van der Waals surface area contributed by atoms with Crippen molar-refractivity contribution in [1.29, 1.82) is 0 Å². The van der Waals surface area contributed by atoms with Crippen LogP contribution < -0.4 is 5.32 Å². The number of hydrogen-bond acceptors (Lipinski definition) is 2. The van der Waals surface area contributed by atoms with Crippen LogP contribution in [-0.4, -0.2) is 38.6 Å². The second-order valence-corrected chi connectivity index (χ2v) is 5.18. The first-order valence-corrected chi connectivity index (χ1v) is 5.95. The zero-order valence-electron chi connectivity index (χ0n) is 10.2. The van der Waals surface area contributed by atoms with E-state index in [0.29, 0.717) is 6.04 Å². The molecule has 14 heavy (non-hydrogen) atoms. The standard InChI is InChI=1S/C12H26N2/c1-10-5-7-11(8-6-10)12(13-2)9-14(3)4/h10-13H,5-9H2,1-4H3. The van der Waals surface area contributed by atoms with Crippen LogP contribution >= 0.6 is 0 Å². The van der Waals surface area contributed by atoms with Crippen LogP contribution in [0.5, 0.6) is 0 Å². The second kappa shape index (κ2) is 5.72. The topological polar surface area (TPSA) is 15.3 Å². The first kappa shape index (κ1) is 12.0. The molecule has 0 amide bonds. The van der Waals surface area contributed by atoms with Crippen molar-refractivity contribution in [2.75, 3.05) is 27.7 Å². The van der Waals surface area contributed by atoms with Gasteiger partial charge in [-0.15, -0.1) is 0 Å². The van der Waals surface area contributed by atoms with E-state index in [0.717, 1.165) is 11.8 Å². The summed E-state index contributed by atoms with van der Waals surface area (Å²) in [5, 5.41) is 3.48. The fourth-order valence-corrected chi connectivity index (χ4v) is 2.56. The van der Waals surface area contributed by atoms with Gasteiger partial charge in [0.25, 0.3) is 0 Å². The molecule has 0 aliphatic heterocycles. The maximum Gasteiger partial charge on any atom is 0.0219 e. The van der Waals surface area contributed by atoms with Gasteiger partial charge in [0.1, 0.15) is 0 Å². The second-order valence-electron chi connectivity index (χ2n) is 5.18. The average molecular weight is 198 g/mol. The first-order chi connectivity index (χ1) is 6.63. The average Bonchev–Trinajstić information content (AvgIpc) is 2.15. The molecular weight excluding hydrogens is 172 g/mol. The summed E-state index contributed by atoms with van der Waals surface area (Å²) in [6.07, 6.45) is 5.69. The van der Waals surface area contributed by atoms with Gasteiger partial charge in [-0.2, -0.15) is 0 Å². The minimum atomic E-state index is 0.692. The van der Waals surface area contributed by atoms with Crippen molar-refractivity contribution >= 4 is 0 Å². The van der Waals surface area contributed by atoms with Crippen molar-refractivity contribution in [2.24, 2.45) is 11.8 Å². The highest BCUT2D eigenvalue weighted by atomic mass is 15.1. The number of hydrogen-bond donors (Lipinski definition) is 1. The zero-order valence-corrected chi connectivity index (χ0v) is 10.2. The van der Waals surface area contributed by atoms with Crippen LogP contribution in [0, 0.1) is 11.8 Å². The van der Waals surface area contributed by atoms with Gasteiger partial charge in [0.15, 0.2) is 0 Å². The highest BCUT2D eigenvalue weighted by Crippen LogP contribution is 2.30. The Hall–Kier alpha value is -0.0800. The van der Waals surface area contributed by atoms with Gasteiger partial charge in [-0.3, -0.25) is 0 Å². The van der Waals surface area contributed by atoms with Gasteiger partial charge < -0.3 is 10.2 Å². The zero-order chi connectivity index (χ0) is 10.6. The largest absolute Gasteiger partial charge is 0.315 e. The van der Waals surface area contributed by atoms with E-state index in [4.69, 9.17) is 0 Å². The highest BCUT2D eigenvalue weighted by molar-refractivity contribution is 4.81. The van der Waals surface area contributed by atoms with E-state index >= 15 is 0 Å². The van der Waals surface area contributed by atoms with Gasteiger partial charge in [0, 0.05) is 12.6 Å². The number of likely N-dealkylation sites (N-methyl/N-ethyl adjacent to an activating group) is 2. The molecular formula is C12H26N2. The lowest BCUT2D eigenvalue weighted by atomic mass is 9.79. The molecule has 0 aromatic carbocycles. The summed E-state index contributed by atoms with van der Waals surface area (Å²) in [7, 11) is 6.43. The Kier molecular flexibility index (Phi) is 4.90. The van der Waals surface area contributed by atoms with Gasteiger partial charge >= 0.3 is 0 Å². The van der Waals surface area contributed by atoms with Crippen molar-refractivity contribution in [1.82, 2.24) is 10.2 Å². The molecule has 2 nitrogen and oxygen atoms in total. The van der Waals surface area contributed by atoms with E-state index in [1.165, 1.54) is 32.2 Å². The third-order valence-electron chi connectivity index (χ3n) is 3.56. The molecule has 0 radical (unpaired) electrons. The monoisotopic (exact) mass is 198 g/mol. The van der Waals surface area contributed by atoms with Gasteiger partial charge in [-0.25, -0.2) is 0 Å².